The van der Waals surface area contributed by atoms with Crippen LogP contribution >= 0.6 is 0 Å². The molecule has 1 spiro atoms. The van der Waals surface area contributed by atoms with Crippen LogP contribution in [0.3, 0.4) is 0 Å². The Kier molecular flexibility index (Phi) is 2.40. The largest absolute Gasteiger partial charge is 0.313 e. The predicted molar refractivity (Wildman–Crippen MR) is 52.2 cm³/mol. The second-order valence-corrected chi connectivity index (χ2v) is 4.61. The molecule has 2 aliphatic carbocycles. The Bertz CT molecular complexity index is 147. The maximum atomic E-state index is 3.70. The molecule has 2 rings (SSSR count). The van der Waals surface area contributed by atoms with Crippen LogP contribution in [-0.2, 0) is 0 Å². The maximum Gasteiger partial charge on any atom is 0.0124 e. The van der Waals surface area contributed by atoms with Crippen molar-refractivity contribution >= 4 is 0 Å². The van der Waals surface area contributed by atoms with E-state index in [-0.39, 0.29) is 0 Å². The fraction of sp³-hybridized carbons (Fsp3) is 1.00. The van der Waals surface area contributed by atoms with Gasteiger partial charge in [-0.15, -0.1) is 0 Å². The third-order valence-corrected chi connectivity index (χ3v) is 3.91. The van der Waals surface area contributed by atoms with Gasteiger partial charge in [-0.25, -0.2) is 0 Å². The molecule has 2 saturated carbocycles. The van der Waals surface area contributed by atoms with E-state index in [9.17, 15) is 0 Å². The highest BCUT2D eigenvalue weighted by molar-refractivity contribution is 5.02. The molecule has 0 amide bonds. The molecule has 0 saturated heterocycles. The molecule has 1 atom stereocenters. The van der Waals surface area contributed by atoms with Crippen molar-refractivity contribution in [3.63, 3.8) is 0 Å². The van der Waals surface area contributed by atoms with Gasteiger partial charge in [0.05, 0.1) is 0 Å². The van der Waals surface area contributed by atoms with Gasteiger partial charge in [-0.2, -0.15) is 0 Å². The van der Waals surface area contributed by atoms with E-state index in [1.54, 1.807) is 0 Å². The molecule has 1 unspecified atom stereocenters. The van der Waals surface area contributed by atoms with Gasteiger partial charge in [-0.1, -0.05) is 19.8 Å². The van der Waals surface area contributed by atoms with E-state index < -0.39 is 0 Å². The topological polar surface area (TPSA) is 12.0 Å². The second kappa shape index (κ2) is 3.37. The normalized spacial score (nSPS) is 32.2. The first kappa shape index (κ1) is 8.55. The molecule has 12 heavy (non-hydrogen) atoms. The molecule has 2 aliphatic rings. The van der Waals surface area contributed by atoms with Crippen molar-refractivity contribution in [2.24, 2.45) is 5.41 Å². The molecule has 0 bridgehead atoms. The average molecular weight is 167 g/mol. The third-order valence-electron chi connectivity index (χ3n) is 3.91. The fourth-order valence-corrected chi connectivity index (χ4v) is 3.01. The molecule has 1 heteroatoms. The minimum atomic E-state index is 0.773. The molecule has 1 nitrogen and oxygen atoms in total. The Balaban J connectivity index is 1.83. The summed E-state index contributed by atoms with van der Waals surface area (Å²) in [4.78, 5) is 0. The Hall–Kier alpha value is -0.0400. The first-order chi connectivity index (χ1) is 5.87. The van der Waals surface area contributed by atoms with Crippen LogP contribution < -0.4 is 5.32 Å². The summed E-state index contributed by atoms with van der Waals surface area (Å²) < 4.78 is 0. The van der Waals surface area contributed by atoms with E-state index in [0.717, 1.165) is 11.5 Å². The highest BCUT2D eigenvalue weighted by Crippen LogP contribution is 2.53. The molecule has 0 aromatic carbocycles. The molecule has 0 aromatic rings. The van der Waals surface area contributed by atoms with Crippen molar-refractivity contribution in [1.82, 2.24) is 5.32 Å². The number of hydrogen-bond acceptors (Lipinski definition) is 1. The zero-order valence-electron chi connectivity index (χ0n) is 8.23. The van der Waals surface area contributed by atoms with Crippen molar-refractivity contribution in [3.05, 3.63) is 0 Å². The number of nitrogens with one attached hydrogen (secondary N) is 1. The minimum Gasteiger partial charge on any atom is -0.313 e. The molecular formula is C11H21N. The van der Waals surface area contributed by atoms with E-state index >= 15 is 0 Å². The maximum absolute atomic E-state index is 3.70. The molecular weight excluding hydrogens is 146 g/mol. The minimum absolute atomic E-state index is 0.773. The SMILES string of the molecule is CCCNC1CCC12CCCC2. The van der Waals surface area contributed by atoms with E-state index in [4.69, 9.17) is 0 Å². The van der Waals surface area contributed by atoms with Crippen molar-refractivity contribution in [3.8, 4) is 0 Å². The van der Waals surface area contributed by atoms with Crippen LogP contribution in [0.2, 0.25) is 0 Å². The van der Waals surface area contributed by atoms with Crippen molar-refractivity contribution < 1.29 is 0 Å². The summed E-state index contributed by atoms with van der Waals surface area (Å²) in [7, 11) is 0. The first-order valence-electron chi connectivity index (χ1n) is 5.61. The lowest BCUT2D eigenvalue weighted by Crippen LogP contribution is -2.52. The van der Waals surface area contributed by atoms with Gasteiger partial charge in [0.1, 0.15) is 0 Å². The highest BCUT2D eigenvalue weighted by Gasteiger charge is 2.47. The lowest BCUT2D eigenvalue weighted by Gasteiger charge is -2.48. The van der Waals surface area contributed by atoms with Crippen LogP contribution in [0.25, 0.3) is 0 Å². The number of hydrogen-bond donors (Lipinski definition) is 1. The van der Waals surface area contributed by atoms with E-state index in [1.807, 2.05) is 0 Å². The first-order valence-corrected chi connectivity index (χ1v) is 5.61. The van der Waals surface area contributed by atoms with Crippen molar-refractivity contribution in [2.75, 3.05) is 6.54 Å². The Labute approximate surface area is 75.9 Å². The zero-order chi connectivity index (χ0) is 8.44. The van der Waals surface area contributed by atoms with Crippen LogP contribution in [0.5, 0.6) is 0 Å². The van der Waals surface area contributed by atoms with Crippen LogP contribution in [-0.4, -0.2) is 12.6 Å². The summed E-state index contributed by atoms with van der Waals surface area (Å²) in [5.41, 5.74) is 0.773. The molecule has 0 radical (unpaired) electrons. The summed E-state index contributed by atoms with van der Waals surface area (Å²) in [5, 5.41) is 3.70. The van der Waals surface area contributed by atoms with Gasteiger partial charge in [0, 0.05) is 6.04 Å². The smallest absolute Gasteiger partial charge is 0.0124 e. The van der Waals surface area contributed by atoms with E-state index in [2.05, 4.69) is 12.2 Å². The quantitative estimate of drug-likeness (QED) is 0.681. The summed E-state index contributed by atoms with van der Waals surface area (Å²) >= 11 is 0. The Morgan fingerprint density at radius 2 is 2.00 bits per heavy atom. The summed E-state index contributed by atoms with van der Waals surface area (Å²) in [6.07, 6.45) is 10.2. The molecule has 2 fully saturated rings. The van der Waals surface area contributed by atoms with Crippen molar-refractivity contribution in [2.45, 2.75) is 57.9 Å². The lowest BCUT2D eigenvalue weighted by atomic mass is 9.63. The third kappa shape index (κ3) is 1.28. The van der Waals surface area contributed by atoms with Gasteiger partial charge in [0.15, 0.2) is 0 Å². The summed E-state index contributed by atoms with van der Waals surface area (Å²) in [6.45, 7) is 3.49. The monoisotopic (exact) mass is 167 g/mol. The number of rotatable bonds is 3. The van der Waals surface area contributed by atoms with Crippen LogP contribution in [0.4, 0.5) is 0 Å². The van der Waals surface area contributed by atoms with Gasteiger partial charge in [0.25, 0.3) is 0 Å². The molecule has 0 aromatic heterocycles. The standard InChI is InChI=1S/C11H21N/c1-2-9-12-10-5-8-11(10)6-3-4-7-11/h10,12H,2-9H2,1H3. The Morgan fingerprint density at radius 3 is 2.50 bits per heavy atom. The highest BCUT2D eigenvalue weighted by atomic mass is 15.0. The van der Waals surface area contributed by atoms with E-state index in [1.165, 1.54) is 51.5 Å². The molecule has 1 N–H and O–H groups in total. The van der Waals surface area contributed by atoms with Crippen molar-refractivity contribution in [1.29, 1.82) is 0 Å². The summed E-state index contributed by atoms with van der Waals surface area (Å²) in [6, 6.07) is 0.889. The van der Waals surface area contributed by atoms with Gasteiger partial charge in [0.2, 0.25) is 0 Å². The van der Waals surface area contributed by atoms with Gasteiger partial charge < -0.3 is 5.32 Å². The zero-order valence-corrected chi connectivity index (χ0v) is 8.23. The fourth-order valence-electron chi connectivity index (χ4n) is 3.01. The average Bonchev–Trinajstić information content (AvgIpc) is 2.53. The summed E-state index contributed by atoms with van der Waals surface area (Å²) in [5.74, 6) is 0. The van der Waals surface area contributed by atoms with Gasteiger partial charge in [-0.3, -0.25) is 0 Å². The molecule has 70 valence electrons. The predicted octanol–water partition coefficient (Wildman–Crippen LogP) is 2.71. The molecule has 0 heterocycles. The van der Waals surface area contributed by atoms with Crippen LogP contribution in [0.1, 0.15) is 51.9 Å². The lowest BCUT2D eigenvalue weighted by molar-refractivity contribution is 0.0733. The second-order valence-electron chi connectivity index (χ2n) is 4.61. The van der Waals surface area contributed by atoms with E-state index in [0.29, 0.717) is 0 Å². The molecule has 0 aliphatic heterocycles. The van der Waals surface area contributed by atoms with Gasteiger partial charge in [-0.05, 0) is 44.1 Å². The van der Waals surface area contributed by atoms with Crippen LogP contribution in [0.15, 0.2) is 0 Å². The van der Waals surface area contributed by atoms with Gasteiger partial charge >= 0.3 is 0 Å². The Morgan fingerprint density at radius 1 is 1.25 bits per heavy atom. The van der Waals surface area contributed by atoms with Crippen LogP contribution in [0, 0.1) is 5.41 Å².